The molecule has 2 aliphatic heterocycles. The lowest BCUT2D eigenvalue weighted by atomic mass is 9.96. The number of carbonyl (C=O) groups excluding carboxylic acids is 1. The van der Waals surface area contributed by atoms with Crippen LogP contribution in [0.1, 0.15) is 40.1 Å². The number of nitrogens with zero attached hydrogens (tertiary/aromatic N) is 1. The fraction of sp³-hybridized carbons (Fsp3) is 0.381. The van der Waals surface area contributed by atoms with Crippen molar-refractivity contribution in [1.82, 2.24) is 5.32 Å². The van der Waals surface area contributed by atoms with Crippen molar-refractivity contribution in [3.63, 3.8) is 0 Å². The lowest BCUT2D eigenvalue weighted by Gasteiger charge is -2.36. The third-order valence-corrected chi connectivity index (χ3v) is 5.35. The Kier molecular flexibility index (Phi) is 4.22. The molecule has 0 aliphatic carbocycles. The maximum Gasteiger partial charge on any atom is 0.339 e. The number of rotatable bonds is 3. The highest BCUT2D eigenvalue weighted by molar-refractivity contribution is 5.95. The van der Waals surface area contributed by atoms with Crippen LogP contribution < -0.4 is 10.2 Å². The van der Waals surface area contributed by atoms with E-state index in [1.54, 1.807) is 0 Å². The second-order valence-corrected chi connectivity index (χ2v) is 7.04. The summed E-state index contributed by atoms with van der Waals surface area (Å²) < 4.78 is 5.69. The molecule has 130 valence electrons. The van der Waals surface area contributed by atoms with Gasteiger partial charge in [0.25, 0.3) is 0 Å². The highest BCUT2D eigenvalue weighted by Gasteiger charge is 2.32. The van der Waals surface area contributed by atoms with Crippen molar-refractivity contribution in [3.05, 3.63) is 64.7 Å². The predicted octanol–water partition coefficient (Wildman–Crippen LogP) is 3.25. The maximum absolute atomic E-state index is 12.4. The Morgan fingerprint density at radius 3 is 2.88 bits per heavy atom. The fourth-order valence-electron chi connectivity index (χ4n) is 3.85. The molecule has 0 bridgehead atoms. The van der Waals surface area contributed by atoms with Crippen LogP contribution in [0, 0.1) is 6.92 Å². The molecule has 25 heavy (non-hydrogen) atoms. The average Bonchev–Trinajstić information content (AvgIpc) is 2.93. The molecule has 4 nitrogen and oxygen atoms in total. The van der Waals surface area contributed by atoms with Gasteiger partial charge in [0.05, 0.1) is 5.56 Å². The van der Waals surface area contributed by atoms with Gasteiger partial charge in [-0.25, -0.2) is 4.79 Å². The molecule has 2 heterocycles. The second-order valence-electron chi connectivity index (χ2n) is 7.04. The zero-order valence-corrected chi connectivity index (χ0v) is 14.8. The Morgan fingerprint density at radius 1 is 1.24 bits per heavy atom. The number of piperazine rings is 1. The van der Waals surface area contributed by atoms with Crippen molar-refractivity contribution in [2.45, 2.75) is 32.4 Å². The van der Waals surface area contributed by atoms with Gasteiger partial charge in [-0.1, -0.05) is 30.3 Å². The number of hydrogen-bond donors (Lipinski definition) is 1. The Bertz CT molecular complexity index is 802. The van der Waals surface area contributed by atoms with Crippen molar-refractivity contribution in [3.8, 4) is 0 Å². The number of cyclic esters (lactones) is 1. The predicted molar refractivity (Wildman–Crippen MR) is 99.2 cm³/mol. The van der Waals surface area contributed by atoms with Crippen LogP contribution in [0.3, 0.4) is 0 Å². The molecule has 1 N–H and O–H groups in total. The van der Waals surface area contributed by atoms with Gasteiger partial charge in [0.15, 0.2) is 0 Å². The third-order valence-electron chi connectivity index (χ3n) is 5.35. The highest BCUT2D eigenvalue weighted by atomic mass is 16.5. The second kappa shape index (κ2) is 6.52. The van der Waals surface area contributed by atoms with Gasteiger partial charge in [-0.15, -0.1) is 0 Å². The molecule has 2 atom stereocenters. The lowest BCUT2D eigenvalue weighted by Crippen LogP contribution is -2.49. The normalized spacial score (nSPS) is 22.6. The van der Waals surface area contributed by atoms with Crippen molar-refractivity contribution >= 4 is 11.7 Å². The summed E-state index contributed by atoms with van der Waals surface area (Å²) in [5.74, 6) is -0.196. The molecule has 4 rings (SSSR count). The molecular weight excluding hydrogens is 312 g/mol. The van der Waals surface area contributed by atoms with E-state index in [0.717, 1.165) is 42.9 Å². The summed E-state index contributed by atoms with van der Waals surface area (Å²) in [6.45, 7) is 7.21. The quantitative estimate of drug-likeness (QED) is 0.874. The largest absolute Gasteiger partial charge is 0.454 e. The van der Waals surface area contributed by atoms with E-state index >= 15 is 0 Å². The van der Waals surface area contributed by atoms with E-state index in [-0.39, 0.29) is 12.1 Å². The zero-order chi connectivity index (χ0) is 17.4. The molecular formula is C21H24N2O2. The van der Waals surface area contributed by atoms with Crippen LogP contribution in [0.4, 0.5) is 5.69 Å². The van der Waals surface area contributed by atoms with Gasteiger partial charge in [0.2, 0.25) is 0 Å². The molecule has 1 unspecified atom stereocenters. The first-order valence-electron chi connectivity index (χ1n) is 9.00. The number of hydrogen-bond acceptors (Lipinski definition) is 4. The van der Waals surface area contributed by atoms with Crippen LogP contribution in [0.25, 0.3) is 0 Å². The molecule has 1 saturated heterocycles. The van der Waals surface area contributed by atoms with Gasteiger partial charge in [0, 0.05) is 43.3 Å². The number of esters is 1. The van der Waals surface area contributed by atoms with E-state index in [2.05, 4.69) is 48.3 Å². The summed E-state index contributed by atoms with van der Waals surface area (Å²) in [6.07, 6.45) is 0.549. The van der Waals surface area contributed by atoms with Crippen LogP contribution in [0.5, 0.6) is 0 Å². The van der Waals surface area contributed by atoms with Gasteiger partial charge in [-0.2, -0.15) is 0 Å². The minimum absolute atomic E-state index is 0.182. The van der Waals surface area contributed by atoms with Crippen LogP contribution >= 0.6 is 0 Å². The SMILES string of the molecule is Cc1ccccc1CC1OC(=O)c2cc(N3CCNC[C@H]3C)ccc21. The standard InChI is InChI=1S/C21H24N2O2/c1-14-5-3-4-6-16(14)11-20-18-8-7-17(12-19(18)21(24)25-20)23-10-9-22-13-15(23)2/h3-8,12,15,20,22H,9-11,13H2,1-2H3/t15-,20?/m1/s1. The topological polar surface area (TPSA) is 41.6 Å². The van der Waals surface area contributed by atoms with Crippen molar-refractivity contribution in [2.24, 2.45) is 0 Å². The number of carbonyl (C=O) groups is 1. The molecule has 4 heteroatoms. The van der Waals surface area contributed by atoms with Crippen LogP contribution in [0.15, 0.2) is 42.5 Å². The number of anilines is 1. The van der Waals surface area contributed by atoms with Gasteiger partial charge >= 0.3 is 5.97 Å². The number of aryl methyl sites for hydroxylation is 1. The number of benzene rings is 2. The summed E-state index contributed by atoms with van der Waals surface area (Å²) >= 11 is 0. The van der Waals surface area contributed by atoms with Crippen molar-refractivity contribution < 1.29 is 9.53 Å². The van der Waals surface area contributed by atoms with E-state index in [1.165, 1.54) is 11.1 Å². The van der Waals surface area contributed by atoms with Gasteiger partial charge in [0.1, 0.15) is 6.10 Å². The summed E-state index contributed by atoms with van der Waals surface area (Å²) in [5.41, 5.74) is 5.31. The minimum atomic E-state index is -0.196. The molecule has 2 aliphatic rings. The van der Waals surface area contributed by atoms with Gasteiger partial charge < -0.3 is 15.0 Å². The van der Waals surface area contributed by atoms with E-state index < -0.39 is 0 Å². The molecule has 1 fully saturated rings. The van der Waals surface area contributed by atoms with Crippen LogP contribution in [0.2, 0.25) is 0 Å². The fourth-order valence-corrected chi connectivity index (χ4v) is 3.85. The zero-order valence-electron chi connectivity index (χ0n) is 14.8. The Morgan fingerprint density at radius 2 is 2.08 bits per heavy atom. The van der Waals surface area contributed by atoms with Crippen LogP contribution in [-0.4, -0.2) is 31.6 Å². The number of fused-ring (bicyclic) bond motifs is 1. The van der Waals surface area contributed by atoms with E-state index in [4.69, 9.17) is 4.74 Å². The van der Waals surface area contributed by atoms with E-state index in [1.807, 2.05) is 18.2 Å². The molecule has 0 amide bonds. The number of nitrogens with one attached hydrogen (secondary N) is 1. The Balaban J connectivity index is 1.61. The first-order valence-corrected chi connectivity index (χ1v) is 9.00. The Hall–Kier alpha value is -2.33. The summed E-state index contributed by atoms with van der Waals surface area (Å²) in [4.78, 5) is 14.8. The van der Waals surface area contributed by atoms with Crippen molar-refractivity contribution in [2.75, 3.05) is 24.5 Å². The van der Waals surface area contributed by atoms with Gasteiger partial charge in [-0.05, 0) is 37.1 Å². The molecule has 0 aromatic heterocycles. The molecule has 0 spiro atoms. The average molecular weight is 336 g/mol. The highest BCUT2D eigenvalue weighted by Crippen LogP contribution is 2.36. The van der Waals surface area contributed by atoms with E-state index in [9.17, 15) is 4.79 Å². The van der Waals surface area contributed by atoms with Crippen molar-refractivity contribution in [1.29, 1.82) is 0 Å². The molecule has 0 radical (unpaired) electrons. The summed E-state index contributed by atoms with van der Waals surface area (Å²) in [5, 5.41) is 3.40. The minimum Gasteiger partial charge on any atom is -0.454 e. The molecule has 0 saturated carbocycles. The third kappa shape index (κ3) is 3.02. The summed E-state index contributed by atoms with van der Waals surface area (Å²) in [6, 6.07) is 14.9. The van der Waals surface area contributed by atoms with Crippen LogP contribution in [-0.2, 0) is 11.2 Å². The monoisotopic (exact) mass is 336 g/mol. The lowest BCUT2D eigenvalue weighted by molar-refractivity contribution is 0.0387. The maximum atomic E-state index is 12.4. The van der Waals surface area contributed by atoms with E-state index in [0.29, 0.717) is 6.04 Å². The Labute approximate surface area is 148 Å². The summed E-state index contributed by atoms with van der Waals surface area (Å²) in [7, 11) is 0. The van der Waals surface area contributed by atoms with Gasteiger partial charge in [-0.3, -0.25) is 0 Å². The molecule has 2 aromatic rings. The smallest absolute Gasteiger partial charge is 0.339 e. The number of ether oxygens (including phenoxy) is 1. The first kappa shape index (κ1) is 16.2. The first-order chi connectivity index (χ1) is 12.1. The molecule has 2 aromatic carbocycles.